The number of rotatable bonds is 5. The highest BCUT2D eigenvalue weighted by atomic mass is 16.3. The molecule has 18 heavy (non-hydrogen) atoms. The maximum absolute atomic E-state index is 5.74. The van der Waals surface area contributed by atoms with Gasteiger partial charge in [-0.25, -0.2) is 0 Å². The van der Waals surface area contributed by atoms with Gasteiger partial charge in [0, 0.05) is 18.5 Å². The molecule has 1 N–H and O–H groups in total. The van der Waals surface area contributed by atoms with Crippen LogP contribution in [0.1, 0.15) is 53.1 Å². The van der Waals surface area contributed by atoms with Gasteiger partial charge in [0.25, 0.3) is 0 Å². The molecule has 0 aliphatic carbocycles. The lowest BCUT2D eigenvalue weighted by Crippen LogP contribution is -2.37. The Hall–Kier alpha value is -1.02. The third-order valence-corrected chi connectivity index (χ3v) is 2.92. The normalized spacial score (nSPS) is 13.4. The van der Waals surface area contributed by atoms with E-state index in [-0.39, 0.29) is 5.54 Å². The number of furan rings is 1. The van der Waals surface area contributed by atoms with E-state index in [4.69, 9.17) is 4.42 Å². The lowest BCUT2D eigenvalue weighted by Gasteiger charge is -2.23. The molecule has 1 rings (SSSR count). The Morgan fingerprint density at radius 3 is 2.44 bits per heavy atom. The van der Waals surface area contributed by atoms with E-state index < -0.39 is 0 Å². The van der Waals surface area contributed by atoms with Crippen LogP contribution in [0.15, 0.2) is 22.1 Å². The van der Waals surface area contributed by atoms with Crippen molar-refractivity contribution in [1.29, 1.82) is 0 Å². The van der Waals surface area contributed by atoms with Crippen molar-refractivity contribution in [2.75, 3.05) is 6.54 Å². The average Bonchev–Trinajstić information content (AvgIpc) is 2.70. The first-order valence-corrected chi connectivity index (χ1v) is 6.86. The molecule has 0 unspecified atom stereocenters. The van der Waals surface area contributed by atoms with Crippen molar-refractivity contribution in [2.45, 2.75) is 53.5 Å². The van der Waals surface area contributed by atoms with E-state index in [9.17, 15) is 0 Å². The second-order valence-corrected chi connectivity index (χ2v) is 6.14. The van der Waals surface area contributed by atoms with Gasteiger partial charge in [-0.15, -0.1) is 0 Å². The molecule has 0 atom stereocenters. The topological polar surface area (TPSA) is 25.2 Å². The van der Waals surface area contributed by atoms with Crippen LogP contribution in [-0.2, 0) is 6.42 Å². The molecule has 0 fully saturated rings. The molecule has 102 valence electrons. The zero-order valence-electron chi connectivity index (χ0n) is 12.6. The van der Waals surface area contributed by atoms with E-state index in [2.05, 4.69) is 65.1 Å². The molecule has 0 aromatic carbocycles. The molecule has 1 heterocycles. The Morgan fingerprint density at radius 1 is 1.33 bits per heavy atom. The van der Waals surface area contributed by atoms with Crippen LogP contribution >= 0.6 is 0 Å². The first-order valence-electron chi connectivity index (χ1n) is 6.86. The van der Waals surface area contributed by atoms with Gasteiger partial charge in [-0.05, 0) is 44.9 Å². The summed E-state index contributed by atoms with van der Waals surface area (Å²) in [6.45, 7) is 14.0. The Kier molecular flexibility index (Phi) is 5.21. The molecule has 0 amide bonds. The van der Waals surface area contributed by atoms with Gasteiger partial charge in [0.1, 0.15) is 11.5 Å². The molecule has 0 spiro atoms. The van der Waals surface area contributed by atoms with E-state index in [0.29, 0.717) is 5.92 Å². The van der Waals surface area contributed by atoms with E-state index in [1.807, 2.05) is 0 Å². The Bertz CT molecular complexity index is 393. The van der Waals surface area contributed by atoms with Crippen LogP contribution in [0, 0.1) is 5.92 Å². The quantitative estimate of drug-likeness (QED) is 0.843. The largest absolute Gasteiger partial charge is 0.462 e. The van der Waals surface area contributed by atoms with Gasteiger partial charge < -0.3 is 9.73 Å². The summed E-state index contributed by atoms with van der Waals surface area (Å²) in [4.78, 5) is 0. The number of hydrogen-bond donors (Lipinski definition) is 1. The fourth-order valence-electron chi connectivity index (χ4n) is 1.63. The van der Waals surface area contributed by atoms with Crippen molar-refractivity contribution < 1.29 is 4.42 Å². The summed E-state index contributed by atoms with van der Waals surface area (Å²) < 4.78 is 5.74. The standard InChI is InChI=1S/C16H27NO/c1-7-14-8-9-15(18-14)10-13(12(2)3)11-17-16(4,5)6/h8-10,12,17H,7,11H2,1-6H3. The first-order chi connectivity index (χ1) is 8.31. The summed E-state index contributed by atoms with van der Waals surface area (Å²) in [5.41, 5.74) is 1.52. The Morgan fingerprint density at radius 2 is 2.00 bits per heavy atom. The van der Waals surface area contributed by atoms with E-state index in [0.717, 1.165) is 24.5 Å². The average molecular weight is 249 g/mol. The van der Waals surface area contributed by atoms with Gasteiger partial charge in [0.15, 0.2) is 0 Å². The van der Waals surface area contributed by atoms with Crippen LogP contribution in [0.25, 0.3) is 6.08 Å². The monoisotopic (exact) mass is 249 g/mol. The van der Waals surface area contributed by atoms with Crippen LogP contribution in [-0.4, -0.2) is 12.1 Å². The van der Waals surface area contributed by atoms with Crippen LogP contribution in [0.3, 0.4) is 0 Å². The predicted octanol–water partition coefficient (Wildman–Crippen LogP) is 4.27. The molecule has 2 heteroatoms. The molecule has 2 nitrogen and oxygen atoms in total. The summed E-state index contributed by atoms with van der Waals surface area (Å²) in [6.07, 6.45) is 3.12. The van der Waals surface area contributed by atoms with E-state index >= 15 is 0 Å². The van der Waals surface area contributed by atoms with Crippen molar-refractivity contribution in [3.05, 3.63) is 29.2 Å². The maximum atomic E-state index is 5.74. The summed E-state index contributed by atoms with van der Waals surface area (Å²) in [5.74, 6) is 2.54. The molecule has 0 saturated carbocycles. The minimum absolute atomic E-state index is 0.145. The predicted molar refractivity (Wildman–Crippen MR) is 78.7 cm³/mol. The maximum Gasteiger partial charge on any atom is 0.127 e. The van der Waals surface area contributed by atoms with Gasteiger partial charge in [-0.3, -0.25) is 0 Å². The molecular weight excluding hydrogens is 222 g/mol. The van der Waals surface area contributed by atoms with Gasteiger partial charge >= 0.3 is 0 Å². The molecule has 0 saturated heterocycles. The number of nitrogens with one attached hydrogen (secondary N) is 1. The van der Waals surface area contributed by atoms with Crippen molar-refractivity contribution in [2.24, 2.45) is 5.92 Å². The van der Waals surface area contributed by atoms with Crippen LogP contribution in [0.5, 0.6) is 0 Å². The second kappa shape index (κ2) is 6.24. The smallest absolute Gasteiger partial charge is 0.127 e. The highest BCUT2D eigenvalue weighted by Gasteiger charge is 2.12. The molecule has 1 aromatic heterocycles. The molecular formula is C16H27NO. The number of aryl methyl sites for hydroxylation is 1. The third kappa shape index (κ3) is 5.09. The molecule has 0 radical (unpaired) electrons. The summed E-state index contributed by atoms with van der Waals surface area (Å²) >= 11 is 0. The van der Waals surface area contributed by atoms with Crippen LogP contribution < -0.4 is 5.32 Å². The fraction of sp³-hybridized carbons (Fsp3) is 0.625. The summed E-state index contributed by atoms with van der Waals surface area (Å²) in [6, 6.07) is 4.11. The zero-order chi connectivity index (χ0) is 13.8. The summed E-state index contributed by atoms with van der Waals surface area (Å²) in [5, 5.41) is 3.53. The zero-order valence-corrected chi connectivity index (χ0v) is 12.6. The lowest BCUT2D eigenvalue weighted by atomic mass is 10.0. The molecule has 0 aliphatic rings. The van der Waals surface area contributed by atoms with E-state index in [1.54, 1.807) is 0 Å². The SMILES string of the molecule is CCc1ccc(C=C(CNC(C)(C)C)C(C)C)o1. The first kappa shape index (κ1) is 15.0. The van der Waals surface area contributed by atoms with Crippen molar-refractivity contribution in [3.63, 3.8) is 0 Å². The van der Waals surface area contributed by atoms with Crippen molar-refractivity contribution >= 4 is 6.08 Å². The van der Waals surface area contributed by atoms with Gasteiger partial charge in [0.05, 0.1) is 0 Å². The number of hydrogen-bond acceptors (Lipinski definition) is 2. The van der Waals surface area contributed by atoms with E-state index in [1.165, 1.54) is 5.57 Å². The third-order valence-electron chi connectivity index (χ3n) is 2.92. The summed E-state index contributed by atoms with van der Waals surface area (Å²) in [7, 11) is 0. The van der Waals surface area contributed by atoms with Crippen molar-refractivity contribution in [3.8, 4) is 0 Å². The minimum Gasteiger partial charge on any atom is -0.462 e. The fourth-order valence-corrected chi connectivity index (χ4v) is 1.63. The highest BCUT2D eigenvalue weighted by Crippen LogP contribution is 2.17. The molecule has 1 aromatic rings. The minimum atomic E-state index is 0.145. The Balaban J connectivity index is 2.77. The molecule has 0 aliphatic heterocycles. The lowest BCUT2D eigenvalue weighted by molar-refractivity contribution is 0.436. The van der Waals surface area contributed by atoms with Crippen LogP contribution in [0.4, 0.5) is 0 Å². The van der Waals surface area contributed by atoms with Gasteiger partial charge in [-0.1, -0.05) is 26.3 Å². The molecule has 0 bridgehead atoms. The highest BCUT2D eigenvalue weighted by molar-refractivity contribution is 5.48. The second-order valence-electron chi connectivity index (χ2n) is 6.14. The van der Waals surface area contributed by atoms with Gasteiger partial charge in [-0.2, -0.15) is 0 Å². The van der Waals surface area contributed by atoms with Crippen molar-refractivity contribution in [1.82, 2.24) is 5.32 Å². The van der Waals surface area contributed by atoms with Crippen LogP contribution in [0.2, 0.25) is 0 Å². The Labute approximate surface area is 111 Å². The van der Waals surface area contributed by atoms with Gasteiger partial charge in [0.2, 0.25) is 0 Å².